The van der Waals surface area contributed by atoms with Crippen molar-refractivity contribution in [2.24, 2.45) is 5.92 Å². The molecule has 2 aromatic rings. The summed E-state index contributed by atoms with van der Waals surface area (Å²) in [5, 5.41) is 0. The van der Waals surface area contributed by atoms with Crippen LogP contribution in [0.2, 0.25) is 0 Å². The minimum atomic E-state index is -0.356. The monoisotopic (exact) mass is 355 g/mol. The molecule has 1 atom stereocenters. The molecule has 1 amide bonds. The average molecular weight is 355 g/mol. The lowest BCUT2D eigenvalue weighted by molar-refractivity contribution is 0.0733. The normalized spacial score (nSPS) is 18.0. The second kappa shape index (κ2) is 8.29. The van der Waals surface area contributed by atoms with E-state index in [1.165, 1.54) is 0 Å². The number of ether oxygens (including phenoxy) is 1. The van der Waals surface area contributed by atoms with Crippen LogP contribution in [-0.4, -0.2) is 67.6 Å². The quantitative estimate of drug-likeness (QED) is 0.906. The summed E-state index contributed by atoms with van der Waals surface area (Å²) >= 11 is 0. The Balaban J connectivity index is 1.79. The van der Waals surface area contributed by atoms with Crippen LogP contribution in [-0.2, 0) is 4.74 Å². The zero-order valence-corrected chi connectivity index (χ0v) is 15.3. The van der Waals surface area contributed by atoms with Crippen molar-refractivity contribution in [1.29, 1.82) is 0 Å². The zero-order chi connectivity index (χ0) is 18.5. The Morgan fingerprint density at radius 2 is 2.00 bits per heavy atom. The number of aromatic amines is 1. The van der Waals surface area contributed by atoms with E-state index < -0.39 is 0 Å². The van der Waals surface area contributed by atoms with E-state index >= 15 is 0 Å². The van der Waals surface area contributed by atoms with E-state index in [2.05, 4.69) is 9.88 Å². The third-order valence-corrected chi connectivity index (χ3v) is 4.47. The van der Waals surface area contributed by atoms with Crippen molar-refractivity contribution in [2.75, 3.05) is 46.9 Å². The molecule has 0 aliphatic carbocycles. The number of hydrogen-bond acceptors (Lipinski definition) is 4. The van der Waals surface area contributed by atoms with Crippen molar-refractivity contribution >= 4 is 5.91 Å². The van der Waals surface area contributed by atoms with Gasteiger partial charge in [0.05, 0.1) is 13.2 Å². The summed E-state index contributed by atoms with van der Waals surface area (Å²) in [5.41, 5.74) is 1.44. The molecule has 1 aromatic carbocycles. The number of hydrogen-bond donors (Lipinski definition) is 1. The van der Waals surface area contributed by atoms with Gasteiger partial charge in [-0.3, -0.25) is 9.59 Å². The van der Waals surface area contributed by atoms with Gasteiger partial charge in [0, 0.05) is 31.2 Å². The first-order valence-electron chi connectivity index (χ1n) is 8.85. The van der Waals surface area contributed by atoms with Crippen LogP contribution in [0.25, 0.3) is 11.3 Å². The SMILES string of the molecule is CN(C)C[C@H]1COCCN(C(=O)c2ccc(-c3ccccc3)[nH]c2=O)C1. The minimum Gasteiger partial charge on any atom is -0.379 e. The summed E-state index contributed by atoms with van der Waals surface area (Å²) in [5.74, 6) is -0.000702. The molecule has 1 fully saturated rings. The van der Waals surface area contributed by atoms with Gasteiger partial charge in [0.1, 0.15) is 5.56 Å². The highest BCUT2D eigenvalue weighted by Crippen LogP contribution is 2.16. The van der Waals surface area contributed by atoms with E-state index in [-0.39, 0.29) is 22.9 Å². The summed E-state index contributed by atoms with van der Waals surface area (Å²) in [7, 11) is 4.01. The van der Waals surface area contributed by atoms with Crippen LogP contribution in [0.15, 0.2) is 47.3 Å². The fourth-order valence-electron chi connectivity index (χ4n) is 3.29. The molecule has 1 N–H and O–H groups in total. The van der Waals surface area contributed by atoms with E-state index in [1.54, 1.807) is 17.0 Å². The molecule has 0 saturated carbocycles. The molecule has 1 aliphatic heterocycles. The Morgan fingerprint density at radius 3 is 2.69 bits per heavy atom. The van der Waals surface area contributed by atoms with E-state index in [0.717, 1.165) is 12.1 Å². The molecule has 0 spiro atoms. The van der Waals surface area contributed by atoms with Gasteiger partial charge in [0.25, 0.3) is 11.5 Å². The molecule has 2 heterocycles. The van der Waals surface area contributed by atoms with Crippen LogP contribution in [0, 0.1) is 5.92 Å². The maximum absolute atomic E-state index is 12.9. The summed E-state index contributed by atoms with van der Waals surface area (Å²) in [6, 6.07) is 13.0. The first-order chi connectivity index (χ1) is 12.5. The Bertz CT molecular complexity index is 801. The Hall–Kier alpha value is -2.44. The van der Waals surface area contributed by atoms with Gasteiger partial charge in [-0.15, -0.1) is 0 Å². The lowest BCUT2D eigenvalue weighted by Crippen LogP contribution is -2.40. The molecule has 26 heavy (non-hydrogen) atoms. The molecular formula is C20H25N3O3. The molecule has 1 saturated heterocycles. The second-order valence-corrected chi connectivity index (χ2v) is 6.94. The van der Waals surface area contributed by atoms with Gasteiger partial charge >= 0.3 is 0 Å². The number of pyridine rings is 1. The Morgan fingerprint density at radius 1 is 1.23 bits per heavy atom. The van der Waals surface area contributed by atoms with Gasteiger partial charge in [-0.25, -0.2) is 0 Å². The number of aromatic nitrogens is 1. The Labute approximate surface area is 153 Å². The standard InChI is InChI=1S/C20H25N3O3/c1-22(2)12-15-13-23(10-11-26-14-15)20(25)17-8-9-18(21-19(17)24)16-6-4-3-5-7-16/h3-9,15H,10-14H2,1-2H3,(H,21,24)/t15-/m1/s1. The smallest absolute Gasteiger partial charge is 0.261 e. The molecule has 3 rings (SSSR count). The summed E-state index contributed by atoms with van der Waals surface area (Å²) in [4.78, 5) is 32.0. The lowest BCUT2D eigenvalue weighted by atomic mass is 10.1. The number of nitrogens with one attached hydrogen (secondary N) is 1. The number of amides is 1. The fraction of sp³-hybridized carbons (Fsp3) is 0.400. The van der Waals surface area contributed by atoms with Gasteiger partial charge in [0.2, 0.25) is 0 Å². The van der Waals surface area contributed by atoms with Crippen LogP contribution < -0.4 is 5.56 Å². The molecule has 0 unspecified atom stereocenters. The van der Waals surface area contributed by atoms with Gasteiger partial charge in [0.15, 0.2) is 0 Å². The highest BCUT2D eigenvalue weighted by atomic mass is 16.5. The summed E-state index contributed by atoms with van der Waals surface area (Å²) < 4.78 is 5.62. The van der Waals surface area contributed by atoms with Gasteiger partial charge < -0.3 is 19.5 Å². The number of carbonyl (C=O) groups excluding carboxylic acids is 1. The van der Waals surface area contributed by atoms with E-state index in [9.17, 15) is 9.59 Å². The molecular weight excluding hydrogens is 330 g/mol. The second-order valence-electron chi connectivity index (χ2n) is 6.94. The van der Waals surface area contributed by atoms with Crippen molar-refractivity contribution in [3.05, 3.63) is 58.4 Å². The average Bonchev–Trinajstić information content (AvgIpc) is 2.87. The van der Waals surface area contributed by atoms with E-state index in [1.807, 2.05) is 44.4 Å². The first-order valence-corrected chi connectivity index (χ1v) is 8.85. The Kier molecular flexibility index (Phi) is 5.85. The largest absolute Gasteiger partial charge is 0.379 e. The number of carbonyl (C=O) groups is 1. The number of H-pyrrole nitrogens is 1. The van der Waals surface area contributed by atoms with Crippen molar-refractivity contribution in [3.63, 3.8) is 0 Å². The minimum absolute atomic E-state index is 0.176. The highest BCUT2D eigenvalue weighted by molar-refractivity contribution is 5.94. The molecule has 0 bridgehead atoms. The van der Waals surface area contributed by atoms with Gasteiger partial charge in [-0.1, -0.05) is 30.3 Å². The molecule has 1 aromatic heterocycles. The van der Waals surface area contributed by atoms with Crippen molar-refractivity contribution in [2.45, 2.75) is 0 Å². The van der Waals surface area contributed by atoms with E-state index in [4.69, 9.17) is 4.74 Å². The number of rotatable bonds is 4. The van der Waals surface area contributed by atoms with E-state index in [0.29, 0.717) is 32.0 Å². The van der Waals surface area contributed by atoms with Crippen LogP contribution in [0.1, 0.15) is 10.4 Å². The van der Waals surface area contributed by atoms with Crippen molar-refractivity contribution in [1.82, 2.24) is 14.8 Å². The van der Waals surface area contributed by atoms with Crippen LogP contribution >= 0.6 is 0 Å². The van der Waals surface area contributed by atoms with Crippen LogP contribution in [0.3, 0.4) is 0 Å². The summed E-state index contributed by atoms with van der Waals surface area (Å²) in [6.07, 6.45) is 0. The topological polar surface area (TPSA) is 65.6 Å². The molecule has 1 aliphatic rings. The van der Waals surface area contributed by atoms with Crippen molar-refractivity contribution < 1.29 is 9.53 Å². The third kappa shape index (κ3) is 4.39. The van der Waals surface area contributed by atoms with Crippen molar-refractivity contribution in [3.8, 4) is 11.3 Å². The van der Waals surface area contributed by atoms with Crippen LogP contribution in [0.4, 0.5) is 0 Å². The highest BCUT2D eigenvalue weighted by Gasteiger charge is 2.25. The molecule has 6 nitrogen and oxygen atoms in total. The van der Waals surface area contributed by atoms with Gasteiger partial charge in [-0.2, -0.15) is 0 Å². The summed E-state index contributed by atoms with van der Waals surface area (Å²) in [6.45, 7) is 3.06. The predicted molar refractivity (Wildman–Crippen MR) is 101 cm³/mol. The predicted octanol–water partition coefficient (Wildman–Crippen LogP) is 1.69. The fourth-order valence-corrected chi connectivity index (χ4v) is 3.29. The molecule has 138 valence electrons. The zero-order valence-electron chi connectivity index (χ0n) is 15.3. The van der Waals surface area contributed by atoms with Crippen LogP contribution in [0.5, 0.6) is 0 Å². The lowest BCUT2D eigenvalue weighted by Gasteiger charge is -2.25. The molecule has 6 heteroatoms. The number of benzene rings is 1. The molecule has 0 radical (unpaired) electrons. The third-order valence-electron chi connectivity index (χ3n) is 4.47. The maximum atomic E-state index is 12.9. The maximum Gasteiger partial charge on any atom is 0.261 e. The number of nitrogens with zero attached hydrogens (tertiary/aromatic N) is 2. The van der Waals surface area contributed by atoms with Gasteiger partial charge in [-0.05, 0) is 31.8 Å². The first kappa shape index (κ1) is 18.4.